The topological polar surface area (TPSA) is 19.6 Å². The van der Waals surface area contributed by atoms with E-state index in [4.69, 9.17) is 4.42 Å². The molecule has 0 bridgehead atoms. The fourth-order valence-corrected chi connectivity index (χ4v) is 9.05. The number of fused-ring (bicyclic) bond motifs is 3. The summed E-state index contributed by atoms with van der Waals surface area (Å²) >= 11 is 0. The van der Waals surface area contributed by atoms with Crippen LogP contribution in [0.15, 0.2) is 205 Å². The van der Waals surface area contributed by atoms with Gasteiger partial charge in [-0.05, 0) is 105 Å². The predicted molar refractivity (Wildman–Crippen MR) is 251 cm³/mol. The molecule has 59 heavy (non-hydrogen) atoms. The van der Waals surface area contributed by atoms with Gasteiger partial charge in [0.05, 0.1) is 17.1 Å². The van der Waals surface area contributed by atoms with Crippen molar-refractivity contribution in [2.75, 3.05) is 9.80 Å². The lowest BCUT2D eigenvalue weighted by atomic mass is 9.87. The van der Waals surface area contributed by atoms with Gasteiger partial charge in [-0.1, -0.05) is 154 Å². The first-order chi connectivity index (χ1) is 28.9. The van der Waals surface area contributed by atoms with E-state index in [1.165, 1.54) is 49.0 Å². The smallest absolute Gasteiger partial charge is 0.159 e. The second kappa shape index (κ2) is 13.6. The highest BCUT2D eigenvalue weighted by Gasteiger charge is 2.27. The summed E-state index contributed by atoms with van der Waals surface area (Å²) in [5, 5.41) is 9.48. The summed E-state index contributed by atoms with van der Waals surface area (Å²) in [6.07, 6.45) is 0. The molecule has 11 aromatic rings. The van der Waals surface area contributed by atoms with Crippen LogP contribution in [0, 0.1) is 0 Å². The number of nitrogens with zero attached hydrogens (tertiary/aromatic N) is 2. The third-order valence-electron chi connectivity index (χ3n) is 11.9. The van der Waals surface area contributed by atoms with Crippen LogP contribution in [0.25, 0.3) is 65.4 Å². The average Bonchev–Trinajstić information content (AvgIpc) is 3.67. The Hall–Kier alpha value is -7.36. The van der Waals surface area contributed by atoms with Crippen molar-refractivity contribution in [3.05, 3.63) is 206 Å². The molecule has 0 aliphatic heterocycles. The summed E-state index contributed by atoms with van der Waals surface area (Å²) < 4.78 is 6.79. The molecule has 0 spiro atoms. The maximum atomic E-state index is 6.79. The fraction of sp³-hybridized carbons (Fsp3) is 0.0714. The molecule has 1 aromatic heterocycles. The molecule has 0 saturated carbocycles. The molecule has 0 fully saturated rings. The monoisotopic (exact) mass is 758 g/mol. The van der Waals surface area contributed by atoms with Gasteiger partial charge in [0.2, 0.25) is 0 Å². The van der Waals surface area contributed by atoms with Gasteiger partial charge in [0, 0.05) is 44.0 Å². The summed E-state index contributed by atoms with van der Waals surface area (Å²) in [7, 11) is 0. The van der Waals surface area contributed by atoms with Crippen LogP contribution in [-0.2, 0) is 5.41 Å². The van der Waals surface area contributed by atoms with Gasteiger partial charge >= 0.3 is 0 Å². The molecule has 0 aliphatic rings. The number of anilines is 6. The number of rotatable bonds is 7. The first-order valence-corrected chi connectivity index (χ1v) is 20.4. The van der Waals surface area contributed by atoms with Crippen LogP contribution in [0.5, 0.6) is 0 Å². The third-order valence-corrected chi connectivity index (χ3v) is 11.9. The van der Waals surface area contributed by atoms with Gasteiger partial charge in [0.25, 0.3) is 0 Å². The van der Waals surface area contributed by atoms with Gasteiger partial charge in [-0.15, -0.1) is 0 Å². The molecule has 282 valence electrons. The first-order valence-electron chi connectivity index (χ1n) is 20.4. The maximum absolute atomic E-state index is 6.79. The van der Waals surface area contributed by atoms with Crippen molar-refractivity contribution in [3.63, 3.8) is 0 Å². The molecule has 0 aliphatic carbocycles. The van der Waals surface area contributed by atoms with Crippen molar-refractivity contribution in [2.24, 2.45) is 0 Å². The van der Waals surface area contributed by atoms with E-state index in [2.05, 4.69) is 225 Å². The van der Waals surface area contributed by atoms with E-state index in [0.29, 0.717) is 0 Å². The standard InChI is InChI=1S/C56H42N2O/c1-56(2,3)41-28-30-44(31-29-41)57(42-18-9-5-10-19-42)50-36-51(48-33-27-39-35-40(37-16-7-4-8-17-37)34-38-26-32-47(50)54(48)53(38)39)58(43-20-11-6-12-21-43)49-24-15-23-46-45-22-13-14-25-52(45)59-55(46)49/h4-36H,1-3H3. The Balaban J connectivity index is 1.27. The lowest BCUT2D eigenvalue weighted by Crippen LogP contribution is -2.15. The van der Waals surface area contributed by atoms with Gasteiger partial charge in [0.1, 0.15) is 5.58 Å². The molecule has 10 aromatic carbocycles. The molecule has 0 radical (unpaired) electrons. The molecular formula is C56H42N2O. The van der Waals surface area contributed by atoms with E-state index in [1.54, 1.807) is 0 Å². The fourth-order valence-electron chi connectivity index (χ4n) is 9.05. The highest BCUT2D eigenvalue weighted by Crippen LogP contribution is 2.52. The maximum Gasteiger partial charge on any atom is 0.159 e. The SMILES string of the molecule is CC(C)(C)c1ccc(N(c2ccccc2)c2cc(N(c3ccccc3)c3cccc4c3oc3ccccc34)c3ccc4cc(-c5ccccc5)cc5ccc2c3c54)cc1. The zero-order valence-electron chi connectivity index (χ0n) is 33.4. The Morgan fingerprint density at radius 2 is 0.915 bits per heavy atom. The van der Waals surface area contributed by atoms with Crippen LogP contribution >= 0.6 is 0 Å². The van der Waals surface area contributed by atoms with Crippen molar-refractivity contribution < 1.29 is 4.42 Å². The molecule has 0 amide bonds. The predicted octanol–water partition coefficient (Wildman–Crippen LogP) is 16.4. The van der Waals surface area contributed by atoms with Crippen molar-refractivity contribution in [3.8, 4) is 11.1 Å². The summed E-state index contributed by atoms with van der Waals surface area (Å²) in [6.45, 7) is 6.82. The van der Waals surface area contributed by atoms with Gasteiger partial charge < -0.3 is 14.2 Å². The van der Waals surface area contributed by atoms with Gasteiger partial charge in [0.15, 0.2) is 5.58 Å². The van der Waals surface area contributed by atoms with E-state index in [1.807, 2.05) is 6.07 Å². The minimum atomic E-state index is 0.0305. The van der Waals surface area contributed by atoms with Gasteiger partial charge in [-0.25, -0.2) is 0 Å². The van der Waals surface area contributed by atoms with E-state index in [-0.39, 0.29) is 5.41 Å². The molecule has 1 heterocycles. The Bertz CT molecular complexity index is 3270. The summed E-state index contributed by atoms with van der Waals surface area (Å²) in [5.41, 5.74) is 11.9. The summed E-state index contributed by atoms with van der Waals surface area (Å²) in [6, 6.07) is 72.6. The molecule has 11 rings (SSSR count). The number of hydrogen-bond donors (Lipinski definition) is 0. The second-order valence-corrected chi connectivity index (χ2v) is 16.6. The van der Waals surface area contributed by atoms with Crippen molar-refractivity contribution in [1.82, 2.24) is 0 Å². The van der Waals surface area contributed by atoms with Crippen molar-refractivity contribution in [2.45, 2.75) is 26.2 Å². The molecule has 3 heteroatoms. The van der Waals surface area contributed by atoms with Crippen molar-refractivity contribution >= 4 is 88.4 Å². The lowest BCUT2D eigenvalue weighted by Gasteiger charge is -2.32. The quantitative estimate of drug-likeness (QED) is 0.151. The number of hydrogen-bond acceptors (Lipinski definition) is 3. The van der Waals surface area contributed by atoms with E-state index in [0.717, 1.165) is 56.1 Å². The molecule has 0 atom stereocenters. The lowest BCUT2D eigenvalue weighted by molar-refractivity contribution is 0.590. The summed E-state index contributed by atoms with van der Waals surface area (Å²) in [5.74, 6) is 0. The Morgan fingerprint density at radius 1 is 0.373 bits per heavy atom. The molecule has 0 unspecified atom stereocenters. The molecule has 3 nitrogen and oxygen atoms in total. The second-order valence-electron chi connectivity index (χ2n) is 16.6. The number of para-hydroxylation sites is 4. The van der Waals surface area contributed by atoms with Crippen LogP contribution in [0.4, 0.5) is 34.1 Å². The number of furan rings is 1. The minimum Gasteiger partial charge on any atom is -0.454 e. The van der Waals surface area contributed by atoms with E-state index >= 15 is 0 Å². The Morgan fingerprint density at radius 3 is 1.56 bits per heavy atom. The normalized spacial score (nSPS) is 12.0. The van der Waals surface area contributed by atoms with Crippen LogP contribution in [-0.4, -0.2) is 0 Å². The molecule has 0 saturated heterocycles. The minimum absolute atomic E-state index is 0.0305. The van der Waals surface area contributed by atoms with Gasteiger partial charge in [-0.3, -0.25) is 0 Å². The summed E-state index contributed by atoms with van der Waals surface area (Å²) in [4.78, 5) is 4.84. The van der Waals surface area contributed by atoms with Crippen LogP contribution in [0.3, 0.4) is 0 Å². The Kier molecular flexibility index (Phi) is 8.06. The van der Waals surface area contributed by atoms with Crippen LogP contribution < -0.4 is 9.80 Å². The van der Waals surface area contributed by atoms with Crippen LogP contribution in [0.1, 0.15) is 26.3 Å². The van der Waals surface area contributed by atoms with E-state index in [9.17, 15) is 0 Å². The van der Waals surface area contributed by atoms with Gasteiger partial charge in [-0.2, -0.15) is 0 Å². The van der Waals surface area contributed by atoms with E-state index < -0.39 is 0 Å². The third kappa shape index (κ3) is 5.81. The Labute approximate surface area is 344 Å². The largest absolute Gasteiger partial charge is 0.454 e. The highest BCUT2D eigenvalue weighted by molar-refractivity contribution is 6.29. The average molecular weight is 759 g/mol. The molecular weight excluding hydrogens is 717 g/mol. The zero-order valence-corrected chi connectivity index (χ0v) is 33.4. The van der Waals surface area contributed by atoms with Crippen LogP contribution in [0.2, 0.25) is 0 Å². The first kappa shape index (κ1) is 34.9. The number of benzene rings is 10. The zero-order chi connectivity index (χ0) is 39.7. The molecule has 0 N–H and O–H groups in total. The highest BCUT2D eigenvalue weighted by atomic mass is 16.3. The van der Waals surface area contributed by atoms with Crippen molar-refractivity contribution in [1.29, 1.82) is 0 Å².